The highest BCUT2D eigenvalue weighted by molar-refractivity contribution is 7.92. The fourth-order valence-corrected chi connectivity index (χ4v) is 4.31. The number of benzene rings is 2. The summed E-state index contributed by atoms with van der Waals surface area (Å²) in [7, 11) is -3.73. The van der Waals surface area contributed by atoms with Crippen LogP contribution in [0, 0.1) is 13.8 Å². The standard InChI is InChI=1S/C21H25ClN2O5S/c1-6-29-21(26)18-10-8-16(12-19(18)22)23-20(25)15(4)24(30(5,27)28)17-9-7-13(2)14(3)11-17/h7-12,15H,6H2,1-5H3,(H,23,25)/t15-/m0/s1. The molecule has 1 amide bonds. The lowest BCUT2D eigenvalue weighted by atomic mass is 10.1. The van der Waals surface area contributed by atoms with Gasteiger partial charge in [0.2, 0.25) is 15.9 Å². The number of aryl methyl sites for hydroxylation is 2. The van der Waals surface area contributed by atoms with Gasteiger partial charge >= 0.3 is 5.97 Å². The van der Waals surface area contributed by atoms with Gasteiger partial charge in [-0.2, -0.15) is 0 Å². The van der Waals surface area contributed by atoms with Crippen molar-refractivity contribution in [2.75, 3.05) is 22.5 Å². The minimum atomic E-state index is -3.73. The van der Waals surface area contributed by atoms with Crippen molar-refractivity contribution in [1.29, 1.82) is 0 Å². The van der Waals surface area contributed by atoms with Crippen molar-refractivity contribution in [1.82, 2.24) is 0 Å². The van der Waals surface area contributed by atoms with Crippen LogP contribution < -0.4 is 9.62 Å². The summed E-state index contributed by atoms with van der Waals surface area (Å²) in [5, 5.41) is 2.77. The number of anilines is 2. The topological polar surface area (TPSA) is 92.8 Å². The molecule has 0 heterocycles. The molecular formula is C21H25ClN2O5S. The van der Waals surface area contributed by atoms with Crippen LogP contribution in [-0.4, -0.2) is 39.2 Å². The van der Waals surface area contributed by atoms with Gasteiger partial charge in [0.25, 0.3) is 0 Å². The molecule has 0 radical (unpaired) electrons. The summed E-state index contributed by atoms with van der Waals surface area (Å²) in [6.07, 6.45) is 1.05. The van der Waals surface area contributed by atoms with E-state index in [0.717, 1.165) is 21.7 Å². The number of sulfonamides is 1. The van der Waals surface area contributed by atoms with Crippen LogP contribution >= 0.6 is 11.6 Å². The van der Waals surface area contributed by atoms with E-state index in [1.807, 2.05) is 13.8 Å². The maximum Gasteiger partial charge on any atom is 0.339 e. The summed E-state index contributed by atoms with van der Waals surface area (Å²) in [6, 6.07) is 8.54. The number of nitrogens with zero attached hydrogens (tertiary/aromatic N) is 1. The van der Waals surface area contributed by atoms with Gasteiger partial charge in [0, 0.05) is 5.69 Å². The van der Waals surface area contributed by atoms with Crippen LogP contribution in [-0.2, 0) is 19.6 Å². The van der Waals surface area contributed by atoms with Crippen LogP contribution in [0.1, 0.15) is 35.3 Å². The zero-order chi connectivity index (χ0) is 22.6. The van der Waals surface area contributed by atoms with Crippen molar-refractivity contribution in [3.05, 3.63) is 58.1 Å². The molecule has 0 aliphatic rings. The number of nitrogens with one attached hydrogen (secondary N) is 1. The number of halogens is 1. The molecule has 7 nitrogen and oxygen atoms in total. The third-order valence-corrected chi connectivity index (χ3v) is 6.12. The summed E-state index contributed by atoms with van der Waals surface area (Å²) >= 11 is 6.13. The Hall–Kier alpha value is -2.58. The highest BCUT2D eigenvalue weighted by Gasteiger charge is 2.29. The Labute approximate surface area is 182 Å². The normalized spacial score (nSPS) is 12.2. The summed E-state index contributed by atoms with van der Waals surface area (Å²) in [4.78, 5) is 24.7. The van der Waals surface area contributed by atoms with Crippen LogP contribution in [0.3, 0.4) is 0 Å². The number of hydrogen-bond acceptors (Lipinski definition) is 5. The van der Waals surface area contributed by atoms with E-state index in [1.54, 1.807) is 25.1 Å². The number of esters is 1. The maximum atomic E-state index is 12.8. The first-order chi connectivity index (χ1) is 14.0. The molecular weight excluding hydrogens is 428 g/mol. The van der Waals surface area contributed by atoms with Gasteiger partial charge in [0.15, 0.2) is 0 Å². The molecule has 0 aliphatic heterocycles. The lowest BCUT2D eigenvalue weighted by Crippen LogP contribution is -2.45. The molecule has 0 unspecified atom stereocenters. The van der Waals surface area contributed by atoms with Gasteiger partial charge in [-0.05, 0) is 69.2 Å². The molecule has 0 fully saturated rings. The molecule has 0 spiro atoms. The quantitative estimate of drug-likeness (QED) is 0.642. The number of carbonyl (C=O) groups excluding carboxylic acids is 2. The van der Waals surface area contributed by atoms with E-state index in [1.165, 1.54) is 25.1 Å². The summed E-state index contributed by atoms with van der Waals surface area (Å²) in [6.45, 7) is 7.19. The van der Waals surface area contributed by atoms with Crippen molar-refractivity contribution < 1.29 is 22.7 Å². The van der Waals surface area contributed by atoms with Crippen molar-refractivity contribution in [2.45, 2.75) is 33.7 Å². The minimum Gasteiger partial charge on any atom is -0.462 e. The van der Waals surface area contributed by atoms with Crippen LogP contribution in [0.25, 0.3) is 0 Å². The molecule has 2 rings (SSSR count). The number of amides is 1. The lowest BCUT2D eigenvalue weighted by Gasteiger charge is -2.28. The van der Waals surface area contributed by atoms with E-state index < -0.39 is 27.9 Å². The average Bonchev–Trinajstić information content (AvgIpc) is 2.63. The van der Waals surface area contributed by atoms with Crippen molar-refractivity contribution in [2.24, 2.45) is 0 Å². The number of ether oxygens (including phenoxy) is 1. The predicted octanol–water partition coefficient (Wildman–Crippen LogP) is 3.93. The Morgan fingerprint density at radius 3 is 2.33 bits per heavy atom. The molecule has 0 aliphatic carbocycles. The molecule has 0 saturated carbocycles. The van der Waals surface area contributed by atoms with Gasteiger partial charge in [0.1, 0.15) is 6.04 Å². The first-order valence-corrected chi connectivity index (χ1v) is 11.5. The Kier molecular flexibility index (Phi) is 7.49. The van der Waals surface area contributed by atoms with Crippen LogP contribution in [0.15, 0.2) is 36.4 Å². The van der Waals surface area contributed by atoms with Gasteiger partial charge < -0.3 is 10.1 Å². The smallest absolute Gasteiger partial charge is 0.339 e. The highest BCUT2D eigenvalue weighted by atomic mass is 35.5. The Bertz CT molecular complexity index is 1070. The fourth-order valence-electron chi connectivity index (χ4n) is 2.89. The SMILES string of the molecule is CCOC(=O)c1ccc(NC(=O)[C@H](C)N(c2ccc(C)c(C)c2)S(C)(=O)=O)cc1Cl. The Morgan fingerprint density at radius 2 is 1.80 bits per heavy atom. The first-order valence-electron chi connectivity index (χ1n) is 9.30. The van der Waals surface area contributed by atoms with Gasteiger partial charge in [-0.25, -0.2) is 13.2 Å². The van der Waals surface area contributed by atoms with E-state index in [2.05, 4.69) is 5.32 Å². The molecule has 0 saturated heterocycles. The molecule has 30 heavy (non-hydrogen) atoms. The van der Waals surface area contributed by atoms with Gasteiger partial charge in [0.05, 0.1) is 29.1 Å². The van der Waals surface area contributed by atoms with Gasteiger partial charge in [-0.15, -0.1) is 0 Å². The number of hydrogen-bond donors (Lipinski definition) is 1. The van der Waals surface area contributed by atoms with E-state index in [0.29, 0.717) is 11.4 Å². The molecule has 1 N–H and O–H groups in total. The second-order valence-corrected chi connectivity index (χ2v) is 9.17. The monoisotopic (exact) mass is 452 g/mol. The summed E-state index contributed by atoms with van der Waals surface area (Å²) in [5.41, 5.74) is 2.84. The van der Waals surface area contributed by atoms with E-state index >= 15 is 0 Å². The Morgan fingerprint density at radius 1 is 1.13 bits per heavy atom. The van der Waals surface area contributed by atoms with Crippen LogP contribution in [0.4, 0.5) is 11.4 Å². The molecule has 0 aromatic heterocycles. The van der Waals surface area contributed by atoms with Gasteiger partial charge in [-0.3, -0.25) is 9.10 Å². The van der Waals surface area contributed by atoms with Crippen molar-refractivity contribution in [3.8, 4) is 0 Å². The average molecular weight is 453 g/mol. The molecule has 2 aromatic rings. The summed E-state index contributed by atoms with van der Waals surface area (Å²) < 4.78 is 30.9. The molecule has 9 heteroatoms. The number of rotatable bonds is 7. The largest absolute Gasteiger partial charge is 0.462 e. The second-order valence-electron chi connectivity index (χ2n) is 6.91. The zero-order valence-corrected chi connectivity index (χ0v) is 19.1. The third kappa shape index (κ3) is 5.52. The highest BCUT2D eigenvalue weighted by Crippen LogP contribution is 2.26. The first kappa shape index (κ1) is 23.7. The van der Waals surface area contributed by atoms with E-state index in [4.69, 9.17) is 16.3 Å². The number of carbonyl (C=O) groups is 2. The van der Waals surface area contributed by atoms with Gasteiger partial charge in [-0.1, -0.05) is 17.7 Å². The maximum absolute atomic E-state index is 12.8. The van der Waals surface area contributed by atoms with Crippen molar-refractivity contribution >= 4 is 44.9 Å². The molecule has 2 aromatic carbocycles. The fraction of sp³-hybridized carbons (Fsp3) is 0.333. The third-order valence-electron chi connectivity index (χ3n) is 4.57. The molecule has 0 bridgehead atoms. The Balaban J connectivity index is 2.28. The van der Waals surface area contributed by atoms with Crippen LogP contribution in [0.5, 0.6) is 0 Å². The minimum absolute atomic E-state index is 0.119. The molecule has 162 valence electrons. The van der Waals surface area contributed by atoms with E-state index in [9.17, 15) is 18.0 Å². The molecule has 1 atom stereocenters. The van der Waals surface area contributed by atoms with E-state index in [-0.39, 0.29) is 17.2 Å². The predicted molar refractivity (Wildman–Crippen MR) is 119 cm³/mol. The van der Waals surface area contributed by atoms with Crippen LogP contribution in [0.2, 0.25) is 5.02 Å². The lowest BCUT2D eigenvalue weighted by molar-refractivity contribution is -0.116. The zero-order valence-electron chi connectivity index (χ0n) is 17.5. The second kappa shape index (κ2) is 9.49. The summed E-state index contributed by atoms with van der Waals surface area (Å²) in [5.74, 6) is -1.11. The van der Waals surface area contributed by atoms with Crippen molar-refractivity contribution in [3.63, 3.8) is 0 Å².